The van der Waals surface area contributed by atoms with Gasteiger partial charge in [0, 0.05) is 39.1 Å². The molecule has 2 aromatic carbocycles. The molecule has 156 valence electrons. The minimum absolute atomic E-state index is 0.0632. The lowest BCUT2D eigenvalue weighted by Gasteiger charge is -2.37. The first kappa shape index (κ1) is 17.1. The van der Waals surface area contributed by atoms with E-state index in [9.17, 15) is 9.59 Å². The van der Waals surface area contributed by atoms with Crippen molar-refractivity contribution in [2.24, 2.45) is 0 Å². The standard InChI is InChI=1S/C23H25ClN4O2/c24-17-6-7-20-16(14-17)15-22(29)28(20)18-8-12-26(13-9-18)10-3-11-27-21-5-2-1-4-19(21)25-23(27)30/h1-2,4-7,14,18H,3,8-13,15H2,(H,25,30)/i10D2. The van der Waals surface area contributed by atoms with Crippen molar-refractivity contribution < 1.29 is 7.54 Å². The van der Waals surface area contributed by atoms with E-state index < -0.39 is 6.50 Å². The lowest BCUT2D eigenvalue weighted by atomic mass is 10.0. The SMILES string of the molecule is [2H]C([2H])(CCn1c(=O)[nH]c2ccccc21)N1CCC(N2C(=O)Cc3cc(Cl)ccc32)CC1. The van der Waals surface area contributed by atoms with Crippen LogP contribution in [0.15, 0.2) is 47.3 Å². The number of para-hydroxylation sites is 2. The average molecular weight is 427 g/mol. The molecule has 5 rings (SSSR count). The van der Waals surface area contributed by atoms with E-state index in [2.05, 4.69) is 4.98 Å². The topological polar surface area (TPSA) is 61.3 Å². The van der Waals surface area contributed by atoms with Gasteiger partial charge >= 0.3 is 5.69 Å². The zero-order chi connectivity index (χ0) is 22.5. The summed E-state index contributed by atoms with van der Waals surface area (Å²) < 4.78 is 18.9. The molecule has 0 unspecified atom stereocenters. The second-order valence-corrected chi connectivity index (χ2v) is 8.38. The molecule has 2 aliphatic heterocycles. The monoisotopic (exact) mass is 426 g/mol. The highest BCUT2D eigenvalue weighted by Gasteiger charge is 2.34. The van der Waals surface area contributed by atoms with E-state index in [4.69, 9.17) is 14.3 Å². The van der Waals surface area contributed by atoms with Crippen molar-refractivity contribution in [3.05, 3.63) is 63.5 Å². The first-order chi connectivity index (χ1) is 15.3. The van der Waals surface area contributed by atoms with E-state index in [0.717, 1.165) is 22.3 Å². The van der Waals surface area contributed by atoms with Gasteiger partial charge in [0.1, 0.15) is 0 Å². The first-order valence-electron chi connectivity index (χ1n) is 11.4. The van der Waals surface area contributed by atoms with Gasteiger partial charge in [0.25, 0.3) is 0 Å². The van der Waals surface area contributed by atoms with Crippen molar-refractivity contribution >= 4 is 34.2 Å². The van der Waals surface area contributed by atoms with Gasteiger partial charge in [-0.2, -0.15) is 0 Å². The highest BCUT2D eigenvalue weighted by Crippen LogP contribution is 2.35. The van der Waals surface area contributed by atoms with Gasteiger partial charge in [-0.25, -0.2) is 4.79 Å². The zero-order valence-corrected chi connectivity index (χ0v) is 17.4. The highest BCUT2D eigenvalue weighted by atomic mass is 35.5. The van der Waals surface area contributed by atoms with Gasteiger partial charge in [0.05, 0.1) is 17.5 Å². The molecule has 6 nitrogen and oxygen atoms in total. The summed E-state index contributed by atoms with van der Waals surface area (Å²) in [4.78, 5) is 31.5. The summed E-state index contributed by atoms with van der Waals surface area (Å²) in [5.41, 5.74) is 3.23. The van der Waals surface area contributed by atoms with Crippen molar-refractivity contribution in [2.45, 2.75) is 38.3 Å². The number of piperidine rings is 1. The van der Waals surface area contributed by atoms with Gasteiger partial charge in [-0.3, -0.25) is 9.36 Å². The minimum atomic E-state index is -1.54. The zero-order valence-electron chi connectivity index (χ0n) is 18.6. The second-order valence-electron chi connectivity index (χ2n) is 7.94. The number of halogens is 1. The number of aryl methyl sites for hydroxylation is 1. The molecule has 7 heteroatoms. The number of nitrogens with zero attached hydrogens (tertiary/aromatic N) is 3. The molecule has 0 saturated carbocycles. The maximum absolute atomic E-state index is 12.7. The molecule has 0 radical (unpaired) electrons. The van der Waals surface area contributed by atoms with E-state index in [1.165, 1.54) is 0 Å². The van der Waals surface area contributed by atoms with Crippen LogP contribution >= 0.6 is 11.6 Å². The number of carbonyl (C=O) groups is 1. The van der Waals surface area contributed by atoms with Crippen molar-refractivity contribution in [3.8, 4) is 0 Å². The van der Waals surface area contributed by atoms with Gasteiger partial charge in [-0.05, 0) is 61.7 Å². The molecule has 1 N–H and O–H groups in total. The third-order valence-electron chi connectivity index (χ3n) is 6.09. The van der Waals surface area contributed by atoms with Crippen LogP contribution in [0.5, 0.6) is 0 Å². The van der Waals surface area contributed by atoms with Crippen molar-refractivity contribution in [1.29, 1.82) is 0 Å². The van der Waals surface area contributed by atoms with Gasteiger partial charge in [-0.1, -0.05) is 23.7 Å². The Kier molecular flexibility index (Phi) is 4.53. The van der Waals surface area contributed by atoms with Crippen LogP contribution in [0, 0.1) is 0 Å². The number of carbonyl (C=O) groups excluding carboxylic acids is 1. The quantitative estimate of drug-likeness (QED) is 0.680. The molecule has 0 aliphatic carbocycles. The number of rotatable bonds is 5. The Morgan fingerprint density at radius 3 is 2.77 bits per heavy atom. The van der Waals surface area contributed by atoms with E-state index >= 15 is 0 Å². The number of nitrogens with one attached hydrogen (secondary N) is 1. The number of anilines is 1. The van der Waals surface area contributed by atoms with Crippen LogP contribution in [0.1, 0.15) is 27.6 Å². The van der Waals surface area contributed by atoms with Crippen LogP contribution in [-0.4, -0.2) is 46.0 Å². The molecule has 1 fully saturated rings. The summed E-state index contributed by atoms with van der Waals surface area (Å²) in [5.74, 6) is 0.0856. The van der Waals surface area contributed by atoms with Crippen molar-refractivity contribution in [2.75, 3.05) is 24.5 Å². The molecular weight excluding hydrogens is 400 g/mol. The number of H-pyrrole nitrogens is 1. The Morgan fingerprint density at radius 1 is 1.13 bits per heavy atom. The van der Waals surface area contributed by atoms with E-state index in [-0.39, 0.29) is 24.1 Å². The van der Waals surface area contributed by atoms with Crippen LogP contribution in [0.3, 0.4) is 0 Å². The Labute approximate surface area is 182 Å². The molecule has 1 aromatic heterocycles. The van der Waals surface area contributed by atoms with Gasteiger partial charge in [0.15, 0.2) is 0 Å². The fourth-order valence-electron chi connectivity index (χ4n) is 4.64. The number of likely N-dealkylation sites (tertiary alicyclic amines) is 1. The normalized spacial score (nSPS) is 19.2. The lowest BCUT2D eigenvalue weighted by molar-refractivity contribution is -0.118. The third-order valence-corrected chi connectivity index (χ3v) is 6.33. The molecule has 30 heavy (non-hydrogen) atoms. The fraction of sp³-hybridized carbons (Fsp3) is 0.391. The predicted molar refractivity (Wildman–Crippen MR) is 119 cm³/mol. The highest BCUT2D eigenvalue weighted by molar-refractivity contribution is 6.30. The molecule has 0 atom stereocenters. The molecular formula is C23H25ClN4O2. The number of aromatic amines is 1. The summed E-state index contributed by atoms with van der Waals surface area (Å²) in [6.07, 6.45) is 2.00. The molecule has 1 saturated heterocycles. The number of amides is 1. The maximum Gasteiger partial charge on any atom is 0.326 e. The number of hydrogen-bond donors (Lipinski definition) is 1. The number of benzene rings is 2. The fourth-order valence-corrected chi connectivity index (χ4v) is 4.84. The number of aromatic nitrogens is 2. The van der Waals surface area contributed by atoms with E-state index in [1.54, 1.807) is 4.57 Å². The maximum atomic E-state index is 12.7. The Balaban J connectivity index is 1.24. The Morgan fingerprint density at radius 2 is 1.93 bits per heavy atom. The largest absolute Gasteiger partial charge is 0.326 e. The number of hydrogen-bond acceptors (Lipinski definition) is 3. The average Bonchev–Trinajstić information content (AvgIpc) is 3.26. The number of imidazole rings is 1. The lowest BCUT2D eigenvalue weighted by Crippen LogP contribution is -2.46. The predicted octanol–water partition coefficient (Wildman–Crippen LogP) is 3.43. The molecule has 0 spiro atoms. The minimum Gasteiger partial charge on any atom is -0.309 e. The van der Waals surface area contributed by atoms with Crippen molar-refractivity contribution in [3.63, 3.8) is 0 Å². The van der Waals surface area contributed by atoms with Crippen LogP contribution < -0.4 is 10.6 Å². The summed E-state index contributed by atoms with van der Waals surface area (Å²) in [6, 6.07) is 13.1. The third kappa shape index (κ3) is 3.55. The van der Waals surface area contributed by atoms with E-state index in [1.807, 2.05) is 52.3 Å². The van der Waals surface area contributed by atoms with Gasteiger partial charge in [0.2, 0.25) is 5.91 Å². The summed E-state index contributed by atoms with van der Waals surface area (Å²) in [5, 5.41) is 0.635. The number of fused-ring (bicyclic) bond motifs is 2. The summed E-state index contributed by atoms with van der Waals surface area (Å²) in [6.45, 7) is -0.113. The second kappa shape index (κ2) is 7.93. The summed E-state index contributed by atoms with van der Waals surface area (Å²) in [7, 11) is 0. The van der Waals surface area contributed by atoms with Gasteiger partial charge in [-0.15, -0.1) is 0 Å². The van der Waals surface area contributed by atoms with Crippen LogP contribution in [0.4, 0.5) is 5.69 Å². The van der Waals surface area contributed by atoms with Gasteiger partial charge < -0.3 is 14.8 Å². The Bertz CT molecular complexity index is 1230. The summed E-state index contributed by atoms with van der Waals surface area (Å²) >= 11 is 6.08. The molecule has 3 aromatic rings. The molecule has 2 aliphatic rings. The Hall–Kier alpha value is -2.57. The molecule has 1 amide bonds. The first-order valence-corrected chi connectivity index (χ1v) is 10.7. The van der Waals surface area contributed by atoms with Crippen molar-refractivity contribution in [1.82, 2.24) is 14.5 Å². The molecule has 3 heterocycles. The van der Waals surface area contributed by atoms with E-state index in [0.29, 0.717) is 43.9 Å². The smallest absolute Gasteiger partial charge is 0.309 e. The van der Waals surface area contributed by atoms with Crippen LogP contribution in [-0.2, 0) is 17.8 Å². The molecule has 0 bridgehead atoms. The van der Waals surface area contributed by atoms with Crippen LogP contribution in [0.2, 0.25) is 5.02 Å². The van der Waals surface area contributed by atoms with Crippen LogP contribution in [0.25, 0.3) is 11.0 Å².